The molecule has 1 aliphatic heterocycles. The van der Waals surface area contributed by atoms with E-state index in [-0.39, 0.29) is 5.69 Å². The van der Waals surface area contributed by atoms with E-state index < -0.39 is 5.91 Å². The number of carbonyl (C=O) groups is 2. The van der Waals surface area contributed by atoms with Crippen molar-refractivity contribution >= 4 is 24.0 Å². The predicted octanol–water partition coefficient (Wildman–Crippen LogP) is 1.19. The summed E-state index contributed by atoms with van der Waals surface area (Å²) in [5.74, 6) is 0.0697. The van der Waals surface area contributed by atoms with Crippen molar-refractivity contribution in [2.24, 2.45) is 0 Å². The molecule has 1 aromatic heterocycles. The Morgan fingerprint density at radius 2 is 1.96 bits per heavy atom. The molecule has 8 nitrogen and oxygen atoms in total. The predicted molar refractivity (Wildman–Crippen MR) is 95.7 cm³/mol. The summed E-state index contributed by atoms with van der Waals surface area (Å²) in [5.41, 5.74) is 1.74. The summed E-state index contributed by atoms with van der Waals surface area (Å²) in [6.45, 7) is 4.21. The van der Waals surface area contributed by atoms with E-state index in [9.17, 15) is 9.59 Å². The van der Waals surface area contributed by atoms with Gasteiger partial charge in [-0.2, -0.15) is 5.26 Å². The minimum atomic E-state index is -0.397. The number of hydrogen-bond acceptors (Lipinski definition) is 6. The zero-order chi connectivity index (χ0) is 18.5. The Morgan fingerprint density at radius 1 is 1.23 bits per heavy atom. The second-order valence-electron chi connectivity index (χ2n) is 5.93. The molecule has 1 N–H and O–H groups in total. The highest BCUT2D eigenvalue weighted by Crippen LogP contribution is 2.17. The Hall–Kier alpha value is -3.47. The quantitative estimate of drug-likeness (QED) is 0.831. The molecule has 2 aromatic rings. The van der Waals surface area contributed by atoms with Crippen LogP contribution in [-0.4, -0.2) is 53.4 Å². The maximum Gasteiger partial charge on any atom is 0.274 e. The van der Waals surface area contributed by atoms with Crippen molar-refractivity contribution in [2.45, 2.75) is 6.92 Å². The van der Waals surface area contributed by atoms with Gasteiger partial charge in [0, 0.05) is 31.9 Å². The number of aromatic nitrogens is 2. The molecular formula is C18H18N6O2. The minimum absolute atomic E-state index is 0.234. The van der Waals surface area contributed by atoms with Crippen LogP contribution in [0, 0.1) is 18.3 Å². The summed E-state index contributed by atoms with van der Waals surface area (Å²) in [7, 11) is 0. The van der Waals surface area contributed by atoms with Crippen LogP contribution >= 0.6 is 0 Å². The SMILES string of the molecule is Cc1cc(C(=O)Nc2ccccc2C#N)nc(N2CCN(C=O)CC2)n1. The lowest BCUT2D eigenvalue weighted by Crippen LogP contribution is -2.46. The molecule has 0 saturated carbocycles. The number of piperazine rings is 1. The molecule has 1 aromatic carbocycles. The first-order valence-corrected chi connectivity index (χ1v) is 8.21. The molecule has 3 rings (SSSR count). The smallest absolute Gasteiger partial charge is 0.274 e. The summed E-state index contributed by atoms with van der Waals surface area (Å²) in [6, 6.07) is 10.4. The number of nitrogens with one attached hydrogen (secondary N) is 1. The van der Waals surface area contributed by atoms with Gasteiger partial charge in [0.15, 0.2) is 0 Å². The summed E-state index contributed by atoms with van der Waals surface area (Å²) >= 11 is 0. The second kappa shape index (κ2) is 7.61. The van der Waals surface area contributed by atoms with E-state index in [2.05, 4.69) is 15.3 Å². The van der Waals surface area contributed by atoms with Gasteiger partial charge in [0.2, 0.25) is 12.4 Å². The lowest BCUT2D eigenvalue weighted by molar-refractivity contribution is -0.118. The van der Waals surface area contributed by atoms with Crippen LogP contribution in [0.25, 0.3) is 0 Å². The number of rotatable bonds is 4. The molecule has 2 amide bonds. The molecule has 0 spiro atoms. The van der Waals surface area contributed by atoms with Crippen LogP contribution in [0.2, 0.25) is 0 Å². The van der Waals surface area contributed by atoms with E-state index in [4.69, 9.17) is 5.26 Å². The van der Waals surface area contributed by atoms with E-state index in [1.807, 2.05) is 11.0 Å². The minimum Gasteiger partial charge on any atom is -0.342 e. The fourth-order valence-corrected chi connectivity index (χ4v) is 2.71. The zero-order valence-corrected chi connectivity index (χ0v) is 14.3. The van der Waals surface area contributed by atoms with Gasteiger partial charge in [-0.1, -0.05) is 12.1 Å². The standard InChI is InChI=1S/C18H18N6O2/c1-13-10-16(17(26)21-15-5-3-2-4-14(15)11-19)22-18(20-13)24-8-6-23(12-25)7-9-24/h2-5,10,12H,6-9H2,1H3,(H,21,26). The second-order valence-corrected chi connectivity index (χ2v) is 5.93. The third kappa shape index (κ3) is 3.78. The highest BCUT2D eigenvalue weighted by atomic mass is 16.2. The number of anilines is 2. The Morgan fingerprint density at radius 3 is 2.65 bits per heavy atom. The van der Waals surface area contributed by atoms with Gasteiger partial charge in [-0.25, -0.2) is 9.97 Å². The first-order chi connectivity index (χ1) is 12.6. The normalized spacial score (nSPS) is 13.8. The lowest BCUT2D eigenvalue weighted by atomic mass is 10.2. The molecule has 0 radical (unpaired) electrons. The van der Waals surface area contributed by atoms with Gasteiger partial charge >= 0.3 is 0 Å². The van der Waals surface area contributed by atoms with Crippen molar-refractivity contribution in [1.29, 1.82) is 5.26 Å². The third-order valence-electron chi connectivity index (χ3n) is 4.12. The van der Waals surface area contributed by atoms with E-state index in [1.165, 1.54) is 0 Å². The number of amides is 2. The molecule has 0 bridgehead atoms. The first-order valence-electron chi connectivity index (χ1n) is 8.21. The van der Waals surface area contributed by atoms with Gasteiger partial charge in [0.25, 0.3) is 5.91 Å². The monoisotopic (exact) mass is 350 g/mol. The number of benzene rings is 1. The van der Waals surface area contributed by atoms with Gasteiger partial charge in [0.05, 0.1) is 11.3 Å². The Balaban J connectivity index is 1.80. The molecule has 1 saturated heterocycles. The van der Waals surface area contributed by atoms with Crippen molar-refractivity contribution in [2.75, 3.05) is 36.4 Å². The van der Waals surface area contributed by atoms with Crippen LogP contribution in [-0.2, 0) is 4.79 Å². The summed E-state index contributed by atoms with van der Waals surface area (Å²) in [6.07, 6.45) is 0.833. The van der Waals surface area contributed by atoms with Gasteiger partial charge < -0.3 is 15.1 Å². The highest BCUT2D eigenvalue weighted by molar-refractivity contribution is 6.03. The molecule has 1 fully saturated rings. The average Bonchev–Trinajstić information content (AvgIpc) is 2.68. The van der Waals surface area contributed by atoms with E-state index in [0.29, 0.717) is 49.1 Å². The summed E-state index contributed by atoms with van der Waals surface area (Å²) < 4.78 is 0. The molecule has 132 valence electrons. The zero-order valence-electron chi connectivity index (χ0n) is 14.3. The fourth-order valence-electron chi connectivity index (χ4n) is 2.71. The number of nitrogens with zero attached hydrogens (tertiary/aromatic N) is 5. The molecule has 8 heteroatoms. The number of nitriles is 1. The van der Waals surface area contributed by atoms with Crippen LogP contribution < -0.4 is 10.2 Å². The number of hydrogen-bond donors (Lipinski definition) is 1. The molecule has 2 heterocycles. The van der Waals surface area contributed by atoms with Gasteiger partial charge in [-0.3, -0.25) is 9.59 Å². The molecule has 0 atom stereocenters. The fraction of sp³-hybridized carbons (Fsp3) is 0.278. The average molecular weight is 350 g/mol. The lowest BCUT2D eigenvalue weighted by Gasteiger charge is -2.32. The molecule has 26 heavy (non-hydrogen) atoms. The van der Waals surface area contributed by atoms with Crippen LogP contribution in [0.15, 0.2) is 30.3 Å². The van der Waals surface area contributed by atoms with Crippen molar-refractivity contribution in [3.05, 3.63) is 47.3 Å². The maximum absolute atomic E-state index is 12.6. The molecular weight excluding hydrogens is 332 g/mol. The van der Waals surface area contributed by atoms with Gasteiger partial charge in [-0.15, -0.1) is 0 Å². The molecule has 0 aliphatic carbocycles. The first kappa shape index (κ1) is 17.4. The van der Waals surface area contributed by atoms with E-state index >= 15 is 0 Å². The van der Waals surface area contributed by atoms with E-state index in [1.54, 1.807) is 42.2 Å². The third-order valence-corrected chi connectivity index (χ3v) is 4.12. The Bertz CT molecular complexity index is 868. The summed E-state index contributed by atoms with van der Waals surface area (Å²) in [4.78, 5) is 35.8. The topological polar surface area (TPSA) is 102 Å². The van der Waals surface area contributed by atoms with Crippen LogP contribution in [0.4, 0.5) is 11.6 Å². The number of carbonyl (C=O) groups excluding carboxylic acids is 2. The Labute approximate surface area is 151 Å². The highest BCUT2D eigenvalue weighted by Gasteiger charge is 2.20. The number of para-hydroxylation sites is 1. The van der Waals surface area contributed by atoms with Gasteiger partial charge in [0.1, 0.15) is 11.8 Å². The number of aryl methyl sites for hydroxylation is 1. The van der Waals surface area contributed by atoms with Gasteiger partial charge in [-0.05, 0) is 25.1 Å². The summed E-state index contributed by atoms with van der Waals surface area (Å²) in [5, 5.41) is 11.9. The van der Waals surface area contributed by atoms with Crippen LogP contribution in [0.5, 0.6) is 0 Å². The van der Waals surface area contributed by atoms with Crippen molar-refractivity contribution < 1.29 is 9.59 Å². The molecule has 0 unspecified atom stereocenters. The Kier molecular flexibility index (Phi) is 5.08. The largest absolute Gasteiger partial charge is 0.342 e. The molecule has 1 aliphatic rings. The van der Waals surface area contributed by atoms with Crippen LogP contribution in [0.3, 0.4) is 0 Å². The van der Waals surface area contributed by atoms with Crippen molar-refractivity contribution in [3.63, 3.8) is 0 Å². The maximum atomic E-state index is 12.6. The van der Waals surface area contributed by atoms with Crippen LogP contribution in [0.1, 0.15) is 21.7 Å². The van der Waals surface area contributed by atoms with Crippen molar-refractivity contribution in [3.8, 4) is 6.07 Å². The van der Waals surface area contributed by atoms with E-state index in [0.717, 1.165) is 6.41 Å². The van der Waals surface area contributed by atoms with Crippen molar-refractivity contribution in [1.82, 2.24) is 14.9 Å².